The SMILES string of the molecule is CCOC(=O)C1CCN(Cc2c(-c3ccc(Br)cc3)nc3ccc(N)cn23)CC1. The topological polar surface area (TPSA) is 72.9 Å². The second-order valence-corrected chi connectivity index (χ2v) is 8.32. The Balaban J connectivity index is 1.61. The van der Waals surface area contributed by atoms with Crippen LogP contribution in [0, 0.1) is 5.92 Å². The largest absolute Gasteiger partial charge is 0.466 e. The number of carbonyl (C=O) groups excluding carboxylic acids is 1. The Morgan fingerprint density at radius 1 is 1.21 bits per heavy atom. The minimum atomic E-state index is -0.0646. The van der Waals surface area contributed by atoms with Crippen LogP contribution in [0.25, 0.3) is 16.9 Å². The lowest BCUT2D eigenvalue weighted by Gasteiger charge is -2.30. The molecule has 0 atom stereocenters. The molecule has 0 aliphatic carbocycles. The van der Waals surface area contributed by atoms with Crippen LogP contribution in [-0.4, -0.2) is 40.0 Å². The summed E-state index contributed by atoms with van der Waals surface area (Å²) in [6.07, 6.45) is 3.59. The van der Waals surface area contributed by atoms with E-state index >= 15 is 0 Å². The Labute approximate surface area is 178 Å². The summed E-state index contributed by atoms with van der Waals surface area (Å²) >= 11 is 3.50. The first kappa shape index (κ1) is 19.9. The zero-order valence-corrected chi connectivity index (χ0v) is 18.1. The van der Waals surface area contributed by atoms with Gasteiger partial charge in [0.2, 0.25) is 0 Å². The minimum Gasteiger partial charge on any atom is -0.466 e. The summed E-state index contributed by atoms with van der Waals surface area (Å²) in [6.45, 7) is 4.77. The van der Waals surface area contributed by atoms with E-state index in [9.17, 15) is 4.79 Å². The number of benzene rings is 1. The van der Waals surface area contributed by atoms with E-state index in [4.69, 9.17) is 15.5 Å². The number of pyridine rings is 1. The van der Waals surface area contributed by atoms with Gasteiger partial charge in [0.25, 0.3) is 0 Å². The molecule has 1 fully saturated rings. The Kier molecular flexibility index (Phi) is 5.87. The molecule has 0 saturated carbocycles. The van der Waals surface area contributed by atoms with Gasteiger partial charge >= 0.3 is 5.97 Å². The molecule has 152 valence electrons. The van der Waals surface area contributed by atoms with E-state index in [0.717, 1.165) is 59.5 Å². The quantitative estimate of drug-likeness (QED) is 0.584. The van der Waals surface area contributed by atoms with E-state index < -0.39 is 0 Å². The molecule has 0 amide bonds. The molecule has 2 aromatic heterocycles. The standard InChI is InChI=1S/C22H25BrN4O2/c1-2-29-22(28)16-9-11-26(12-10-16)14-19-21(15-3-5-17(23)6-4-15)25-20-8-7-18(24)13-27(19)20/h3-8,13,16H,2,9-12,14,24H2,1H3. The van der Waals surface area contributed by atoms with Crippen LogP contribution in [0.1, 0.15) is 25.5 Å². The van der Waals surface area contributed by atoms with Crippen molar-refractivity contribution in [3.8, 4) is 11.3 Å². The van der Waals surface area contributed by atoms with Crippen LogP contribution in [0.3, 0.4) is 0 Å². The lowest BCUT2D eigenvalue weighted by molar-refractivity contribution is -0.149. The van der Waals surface area contributed by atoms with Gasteiger partial charge in [-0.05, 0) is 57.1 Å². The summed E-state index contributed by atoms with van der Waals surface area (Å²) in [5.41, 5.74) is 10.8. The zero-order valence-electron chi connectivity index (χ0n) is 16.5. The van der Waals surface area contributed by atoms with Crippen molar-refractivity contribution in [1.82, 2.24) is 14.3 Å². The average molecular weight is 457 g/mol. The van der Waals surface area contributed by atoms with Crippen LogP contribution < -0.4 is 5.73 Å². The third kappa shape index (κ3) is 4.31. The van der Waals surface area contributed by atoms with E-state index in [1.807, 2.05) is 37.4 Å². The number of esters is 1. The molecule has 2 N–H and O–H groups in total. The normalized spacial score (nSPS) is 15.7. The number of likely N-dealkylation sites (tertiary alicyclic amines) is 1. The van der Waals surface area contributed by atoms with Crippen LogP contribution >= 0.6 is 15.9 Å². The molecule has 0 spiro atoms. The summed E-state index contributed by atoms with van der Waals surface area (Å²) in [5, 5.41) is 0. The van der Waals surface area contributed by atoms with E-state index in [0.29, 0.717) is 12.3 Å². The van der Waals surface area contributed by atoms with Crippen molar-refractivity contribution in [2.75, 3.05) is 25.4 Å². The Bertz CT molecular complexity index is 1010. The zero-order chi connectivity index (χ0) is 20.4. The number of halogens is 1. The number of ether oxygens (including phenoxy) is 1. The van der Waals surface area contributed by atoms with E-state index in [-0.39, 0.29) is 11.9 Å². The van der Waals surface area contributed by atoms with Gasteiger partial charge in [-0.3, -0.25) is 9.69 Å². The highest BCUT2D eigenvalue weighted by Gasteiger charge is 2.27. The highest BCUT2D eigenvalue weighted by molar-refractivity contribution is 9.10. The maximum Gasteiger partial charge on any atom is 0.309 e. The molecule has 3 heterocycles. The lowest BCUT2D eigenvalue weighted by atomic mass is 9.97. The van der Waals surface area contributed by atoms with E-state index in [1.54, 1.807) is 0 Å². The van der Waals surface area contributed by atoms with Gasteiger partial charge in [0.05, 0.1) is 23.9 Å². The number of piperidine rings is 1. The van der Waals surface area contributed by atoms with Crippen LogP contribution in [0.4, 0.5) is 5.69 Å². The molecular weight excluding hydrogens is 432 g/mol. The number of anilines is 1. The molecule has 1 saturated heterocycles. The number of hydrogen-bond acceptors (Lipinski definition) is 5. The number of fused-ring (bicyclic) bond motifs is 1. The van der Waals surface area contributed by atoms with Gasteiger partial charge in [0.1, 0.15) is 5.65 Å². The summed E-state index contributed by atoms with van der Waals surface area (Å²) < 4.78 is 8.32. The molecule has 1 aliphatic heterocycles. The fourth-order valence-electron chi connectivity index (χ4n) is 3.90. The van der Waals surface area contributed by atoms with Crippen LogP contribution in [0.5, 0.6) is 0 Å². The third-order valence-electron chi connectivity index (χ3n) is 5.44. The van der Waals surface area contributed by atoms with Crippen LogP contribution in [-0.2, 0) is 16.1 Å². The molecule has 1 aromatic carbocycles. The summed E-state index contributed by atoms with van der Waals surface area (Å²) in [5.74, 6) is -0.0553. The van der Waals surface area contributed by atoms with Crippen molar-refractivity contribution in [3.63, 3.8) is 0 Å². The smallest absolute Gasteiger partial charge is 0.309 e. The molecule has 4 rings (SSSR count). The second-order valence-electron chi connectivity index (χ2n) is 7.41. The third-order valence-corrected chi connectivity index (χ3v) is 5.97. The number of aromatic nitrogens is 2. The van der Waals surface area contributed by atoms with Crippen LogP contribution in [0.2, 0.25) is 0 Å². The van der Waals surface area contributed by atoms with Gasteiger partial charge in [-0.25, -0.2) is 4.98 Å². The number of carbonyl (C=O) groups is 1. The highest BCUT2D eigenvalue weighted by atomic mass is 79.9. The lowest BCUT2D eigenvalue weighted by Crippen LogP contribution is -2.36. The Morgan fingerprint density at radius 2 is 1.93 bits per heavy atom. The number of imidazole rings is 1. The Hall–Kier alpha value is -2.38. The summed E-state index contributed by atoms with van der Waals surface area (Å²) in [6, 6.07) is 12.0. The first-order valence-corrected chi connectivity index (χ1v) is 10.8. The average Bonchev–Trinajstić information content (AvgIpc) is 3.07. The maximum atomic E-state index is 12.0. The Morgan fingerprint density at radius 3 is 2.62 bits per heavy atom. The van der Waals surface area contributed by atoms with Gasteiger partial charge in [-0.15, -0.1) is 0 Å². The number of rotatable bonds is 5. The predicted molar refractivity (Wildman–Crippen MR) is 117 cm³/mol. The second kappa shape index (κ2) is 8.55. The van der Waals surface area contributed by atoms with Gasteiger partial charge in [0, 0.05) is 28.5 Å². The minimum absolute atomic E-state index is 0.00923. The molecule has 0 bridgehead atoms. The predicted octanol–water partition coefficient (Wildman–Crippen LogP) is 4.12. The van der Waals surface area contributed by atoms with Gasteiger partial charge in [-0.2, -0.15) is 0 Å². The van der Waals surface area contributed by atoms with Crippen LogP contribution in [0.15, 0.2) is 47.1 Å². The van der Waals surface area contributed by atoms with Crippen molar-refractivity contribution in [3.05, 3.63) is 52.8 Å². The molecule has 6 nitrogen and oxygen atoms in total. The van der Waals surface area contributed by atoms with Crippen molar-refractivity contribution in [1.29, 1.82) is 0 Å². The summed E-state index contributed by atoms with van der Waals surface area (Å²) in [7, 11) is 0. The molecule has 3 aromatic rings. The van der Waals surface area contributed by atoms with E-state index in [2.05, 4.69) is 37.4 Å². The monoisotopic (exact) mass is 456 g/mol. The first-order chi connectivity index (χ1) is 14.0. The number of nitrogens with two attached hydrogens (primary N) is 1. The number of nitrogen functional groups attached to an aromatic ring is 1. The molecule has 29 heavy (non-hydrogen) atoms. The first-order valence-electron chi connectivity index (χ1n) is 9.96. The maximum absolute atomic E-state index is 12.0. The number of hydrogen-bond donors (Lipinski definition) is 1. The van der Waals surface area contributed by atoms with Gasteiger partial charge in [-0.1, -0.05) is 28.1 Å². The number of nitrogens with zero attached hydrogens (tertiary/aromatic N) is 3. The molecule has 0 radical (unpaired) electrons. The molecule has 7 heteroatoms. The summed E-state index contributed by atoms with van der Waals surface area (Å²) in [4.78, 5) is 19.3. The fourth-order valence-corrected chi connectivity index (χ4v) is 4.16. The molecular formula is C22H25BrN4O2. The van der Waals surface area contributed by atoms with Crippen molar-refractivity contribution < 1.29 is 9.53 Å². The van der Waals surface area contributed by atoms with Crippen molar-refractivity contribution in [2.24, 2.45) is 5.92 Å². The van der Waals surface area contributed by atoms with Gasteiger partial charge < -0.3 is 14.9 Å². The fraction of sp³-hybridized carbons (Fsp3) is 0.364. The molecule has 0 unspecified atom stereocenters. The highest BCUT2D eigenvalue weighted by Crippen LogP contribution is 2.29. The van der Waals surface area contributed by atoms with Gasteiger partial charge in [0.15, 0.2) is 0 Å². The van der Waals surface area contributed by atoms with Crippen molar-refractivity contribution >= 4 is 33.2 Å². The van der Waals surface area contributed by atoms with E-state index in [1.165, 1.54) is 0 Å². The molecule has 1 aliphatic rings. The van der Waals surface area contributed by atoms with Crippen molar-refractivity contribution in [2.45, 2.75) is 26.3 Å².